The third-order valence-electron chi connectivity index (χ3n) is 4.11. The molecule has 1 N–H and O–H groups in total. The molecule has 0 bridgehead atoms. The SMILES string of the molecule is CC(NCc1cncn1C)C(C)(C)c1ccccc1. The van der Waals surface area contributed by atoms with E-state index < -0.39 is 0 Å². The summed E-state index contributed by atoms with van der Waals surface area (Å²) in [6.45, 7) is 7.64. The molecule has 1 unspecified atom stereocenters. The lowest BCUT2D eigenvalue weighted by molar-refractivity contribution is 0.358. The summed E-state index contributed by atoms with van der Waals surface area (Å²) in [4.78, 5) is 4.14. The van der Waals surface area contributed by atoms with Crippen LogP contribution in [0.15, 0.2) is 42.9 Å². The average Bonchev–Trinajstić information content (AvgIpc) is 2.82. The standard InChI is InChI=1S/C16H23N3/c1-13(18-11-15-10-17-12-19(15)4)16(2,3)14-8-6-5-7-9-14/h5-10,12-13,18H,11H2,1-4H3. The van der Waals surface area contributed by atoms with Crippen molar-refractivity contribution in [3.63, 3.8) is 0 Å². The van der Waals surface area contributed by atoms with Crippen molar-refractivity contribution in [3.05, 3.63) is 54.1 Å². The molecule has 1 aromatic heterocycles. The Bertz CT molecular complexity index is 514. The van der Waals surface area contributed by atoms with Gasteiger partial charge in [0.2, 0.25) is 0 Å². The molecule has 0 aliphatic carbocycles. The molecule has 2 aromatic rings. The summed E-state index contributed by atoms with van der Waals surface area (Å²) in [6.07, 6.45) is 3.75. The molecule has 3 heteroatoms. The molecule has 102 valence electrons. The van der Waals surface area contributed by atoms with Gasteiger partial charge in [-0.15, -0.1) is 0 Å². The molecule has 0 aliphatic rings. The highest BCUT2D eigenvalue weighted by Gasteiger charge is 2.27. The Balaban J connectivity index is 2.03. The van der Waals surface area contributed by atoms with Gasteiger partial charge in [-0.05, 0) is 12.5 Å². The number of hydrogen-bond donors (Lipinski definition) is 1. The van der Waals surface area contributed by atoms with Gasteiger partial charge in [0.15, 0.2) is 0 Å². The van der Waals surface area contributed by atoms with Crippen molar-refractivity contribution in [2.75, 3.05) is 0 Å². The van der Waals surface area contributed by atoms with Gasteiger partial charge in [-0.3, -0.25) is 0 Å². The van der Waals surface area contributed by atoms with Crippen LogP contribution in [-0.4, -0.2) is 15.6 Å². The first kappa shape index (κ1) is 13.8. The summed E-state index contributed by atoms with van der Waals surface area (Å²) in [6, 6.07) is 11.0. The molecule has 0 spiro atoms. The molecule has 3 nitrogen and oxygen atoms in total. The molecule has 0 saturated carbocycles. The number of aryl methyl sites for hydroxylation is 1. The van der Waals surface area contributed by atoms with Gasteiger partial charge in [-0.25, -0.2) is 4.98 Å². The van der Waals surface area contributed by atoms with E-state index in [2.05, 4.69) is 66.0 Å². The Labute approximate surface area is 115 Å². The molecule has 0 fully saturated rings. The van der Waals surface area contributed by atoms with Crippen LogP contribution in [0, 0.1) is 0 Å². The van der Waals surface area contributed by atoms with Crippen molar-refractivity contribution in [3.8, 4) is 0 Å². The number of rotatable bonds is 5. The fourth-order valence-electron chi connectivity index (χ4n) is 2.19. The second-order valence-electron chi connectivity index (χ2n) is 5.69. The summed E-state index contributed by atoms with van der Waals surface area (Å²) < 4.78 is 2.05. The second-order valence-corrected chi connectivity index (χ2v) is 5.69. The highest BCUT2D eigenvalue weighted by atomic mass is 15.1. The van der Waals surface area contributed by atoms with Crippen LogP contribution in [0.5, 0.6) is 0 Å². The minimum Gasteiger partial charge on any atom is -0.337 e. The molecule has 19 heavy (non-hydrogen) atoms. The quantitative estimate of drug-likeness (QED) is 0.892. The first-order valence-electron chi connectivity index (χ1n) is 6.76. The van der Waals surface area contributed by atoms with E-state index in [0.717, 1.165) is 6.54 Å². The normalized spacial score (nSPS) is 13.5. The first-order valence-corrected chi connectivity index (χ1v) is 6.76. The van der Waals surface area contributed by atoms with Gasteiger partial charge in [-0.2, -0.15) is 0 Å². The first-order chi connectivity index (χ1) is 9.01. The monoisotopic (exact) mass is 257 g/mol. The van der Waals surface area contributed by atoms with Crippen LogP contribution in [0.2, 0.25) is 0 Å². The molecule has 2 rings (SSSR count). The Morgan fingerprint density at radius 2 is 1.95 bits per heavy atom. The van der Waals surface area contributed by atoms with Crippen LogP contribution < -0.4 is 5.32 Å². The molecular weight excluding hydrogens is 234 g/mol. The maximum atomic E-state index is 4.14. The van der Waals surface area contributed by atoms with Crippen molar-refractivity contribution in [2.24, 2.45) is 7.05 Å². The maximum Gasteiger partial charge on any atom is 0.0945 e. The lowest BCUT2D eigenvalue weighted by Gasteiger charge is -2.33. The number of imidazole rings is 1. The fraction of sp³-hybridized carbons (Fsp3) is 0.438. The average molecular weight is 257 g/mol. The minimum atomic E-state index is 0.0971. The zero-order valence-electron chi connectivity index (χ0n) is 12.2. The third kappa shape index (κ3) is 3.04. The Morgan fingerprint density at radius 1 is 1.26 bits per heavy atom. The summed E-state index contributed by atoms with van der Waals surface area (Å²) in [5.41, 5.74) is 2.66. The van der Waals surface area contributed by atoms with Gasteiger partial charge < -0.3 is 9.88 Å². The van der Waals surface area contributed by atoms with E-state index in [1.54, 1.807) is 0 Å². The summed E-state index contributed by atoms with van der Waals surface area (Å²) in [5, 5.41) is 3.60. The molecule has 1 atom stereocenters. The van der Waals surface area contributed by atoms with Gasteiger partial charge in [0.05, 0.1) is 12.0 Å². The topological polar surface area (TPSA) is 29.9 Å². The van der Waals surface area contributed by atoms with Gasteiger partial charge in [0, 0.05) is 31.2 Å². The molecule has 1 aromatic carbocycles. The van der Waals surface area contributed by atoms with Crippen LogP contribution in [0.1, 0.15) is 32.0 Å². The second kappa shape index (κ2) is 5.57. The van der Waals surface area contributed by atoms with Crippen molar-refractivity contribution in [1.29, 1.82) is 0 Å². The number of nitrogens with one attached hydrogen (secondary N) is 1. The molecule has 0 radical (unpaired) electrons. The number of benzene rings is 1. The molecule has 1 heterocycles. The van der Waals surface area contributed by atoms with Crippen molar-refractivity contribution in [2.45, 2.75) is 38.8 Å². The van der Waals surface area contributed by atoms with E-state index in [1.807, 2.05) is 19.6 Å². The largest absolute Gasteiger partial charge is 0.337 e. The molecular formula is C16H23N3. The number of aromatic nitrogens is 2. The van der Waals surface area contributed by atoms with Crippen molar-refractivity contribution >= 4 is 0 Å². The van der Waals surface area contributed by atoms with Gasteiger partial charge >= 0.3 is 0 Å². The number of nitrogens with zero attached hydrogens (tertiary/aromatic N) is 2. The zero-order valence-corrected chi connectivity index (χ0v) is 12.2. The van der Waals surface area contributed by atoms with Crippen molar-refractivity contribution in [1.82, 2.24) is 14.9 Å². The van der Waals surface area contributed by atoms with Gasteiger partial charge in [-0.1, -0.05) is 44.2 Å². The lowest BCUT2D eigenvalue weighted by Crippen LogP contribution is -2.42. The van der Waals surface area contributed by atoms with Crippen LogP contribution in [0.4, 0.5) is 0 Å². The Morgan fingerprint density at radius 3 is 2.53 bits per heavy atom. The van der Waals surface area contributed by atoms with Crippen LogP contribution >= 0.6 is 0 Å². The highest BCUT2D eigenvalue weighted by molar-refractivity contribution is 5.25. The van der Waals surface area contributed by atoms with E-state index >= 15 is 0 Å². The van der Waals surface area contributed by atoms with E-state index in [4.69, 9.17) is 0 Å². The van der Waals surface area contributed by atoms with Crippen LogP contribution in [0.3, 0.4) is 0 Å². The van der Waals surface area contributed by atoms with E-state index in [9.17, 15) is 0 Å². The Kier molecular flexibility index (Phi) is 4.05. The molecule has 0 saturated heterocycles. The summed E-state index contributed by atoms with van der Waals surface area (Å²) in [7, 11) is 2.02. The van der Waals surface area contributed by atoms with E-state index in [-0.39, 0.29) is 5.41 Å². The van der Waals surface area contributed by atoms with E-state index in [0.29, 0.717) is 6.04 Å². The molecule has 0 aliphatic heterocycles. The third-order valence-corrected chi connectivity index (χ3v) is 4.11. The van der Waals surface area contributed by atoms with Crippen LogP contribution in [0.25, 0.3) is 0 Å². The summed E-state index contributed by atoms with van der Waals surface area (Å²) in [5.74, 6) is 0. The highest BCUT2D eigenvalue weighted by Crippen LogP contribution is 2.26. The van der Waals surface area contributed by atoms with Gasteiger partial charge in [0.25, 0.3) is 0 Å². The van der Waals surface area contributed by atoms with Crippen LogP contribution in [-0.2, 0) is 19.0 Å². The number of hydrogen-bond acceptors (Lipinski definition) is 2. The minimum absolute atomic E-state index is 0.0971. The lowest BCUT2D eigenvalue weighted by atomic mass is 9.78. The van der Waals surface area contributed by atoms with Gasteiger partial charge in [0.1, 0.15) is 0 Å². The predicted octanol–water partition coefficient (Wildman–Crippen LogP) is 2.88. The fourth-order valence-corrected chi connectivity index (χ4v) is 2.19. The predicted molar refractivity (Wildman–Crippen MR) is 79.0 cm³/mol. The molecule has 0 amide bonds. The maximum absolute atomic E-state index is 4.14. The zero-order chi connectivity index (χ0) is 13.9. The summed E-state index contributed by atoms with van der Waals surface area (Å²) >= 11 is 0. The Hall–Kier alpha value is -1.61. The smallest absolute Gasteiger partial charge is 0.0945 e. The van der Waals surface area contributed by atoms with E-state index in [1.165, 1.54) is 11.3 Å². The van der Waals surface area contributed by atoms with Crippen molar-refractivity contribution < 1.29 is 0 Å².